The number of benzene rings is 3. The number of nitrogens with zero attached hydrogens (tertiary/aromatic N) is 1. The van der Waals surface area contributed by atoms with Gasteiger partial charge in [0.05, 0.1) is 0 Å². The molecule has 3 aromatic rings. The zero-order chi connectivity index (χ0) is 22.2. The first kappa shape index (κ1) is 22.3. The summed E-state index contributed by atoms with van der Waals surface area (Å²) in [6.07, 6.45) is 0.351. The van der Waals surface area contributed by atoms with Gasteiger partial charge in [-0.1, -0.05) is 99.6 Å². The Bertz CT molecular complexity index is 1000. The molecule has 0 aliphatic rings. The summed E-state index contributed by atoms with van der Waals surface area (Å²) in [5.41, 5.74) is 3.74. The minimum absolute atomic E-state index is 0.0333. The van der Waals surface area contributed by atoms with Crippen LogP contribution in [0.3, 0.4) is 0 Å². The zero-order valence-corrected chi connectivity index (χ0v) is 18.4. The highest BCUT2D eigenvalue weighted by molar-refractivity contribution is 6.00. The second-order valence-corrected chi connectivity index (χ2v) is 7.95. The van der Waals surface area contributed by atoms with Crippen molar-refractivity contribution in [3.8, 4) is 11.1 Å². The topological polar surface area (TPSA) is 49.4 Å². The van der Waals surface area contributed by atoms with Crippen molar-refractivity contribution in [1.29, 1.82) is 0 Å². The maximum atomic E-state index is 13.5. The lowest BCUT2D eigenvalue weighted by Crippen LogP contribution is -2.49. The fraction of sp³-hybridized carbons (Fsp3) is 0.259. The first-order valence-corrected chi connectivity index (χ1v) is 10.8. The largest absolute Gasteiger partial charge is 0.326 e. The predicted molar refractivity (Wildman–Crippen MR) is 126 cm³/mol. The van der Waals surface area contributed by atoms with Crippen molar-refractivity contribution in [2.75, 3.05) is 5.32 Å². The Morgan fingerprint density at radius 1 is 0.839 bits per heavy atom. The number of para-hydroxylation sites is 1. The van der Waals surface area contributed by atoms with Crippen molar-refractivity contribution in [1.82, 2.24) is 4.90 Å². The van der Waals surface area contributed by atoms with Crippen LogP contribution < -0.4 is 5.32 Å². The van der Waals surface area contributed by atoms with E-state index in [1.807, 2.05) is 106 Å². The Morgan fingerprint density at radius 3 is 2.03 bits per heavy atom. The summed E-state index contributed by atoms with van der Waals surface area (Å²) in [7, 11) is 0. The monoisotopic (exact) mass is 414 g/mol. The third-order valence-electron chi connectivity index (χ3n) is 5.32. The van der Waals surface area contributed by atoms with Gasteiger partial charge < -0.3 is 10.2 Å². The van der Waals surface area contributed by atoms with Crippen molar-refractivity contribution in [3.63, 3.8) is 0 Å². The quantitative estimate of drug-likeness (QED) is 0.510. The molecular formula is C27H30N2O2. The molecule has 160 valence electrons. The number of rotatable bonds is 8. The lowest BCUT2D eigenvalue weighted by molar-refractivity contribution is -0.140. The molecule has 1 N–H and O–H groups in total. The second kappa shape index (κ2) is 10.6. The number of carbonyl (C=O) groups excluding carboxylic acids is 2. The van der Waals surface area contributed by atoms with Crippen LogP contribution in [0.2, 0.25) is 0 Å². The average Bonchev–Trinajstić information content (AvgIpc) is 2.79. The highest BCUT2D eigenvalue weighted by Crippen LogP contribution is 2.28. The van der Waals surface area contributed by atoms with Crippen molar-refractivity contribution in [3.05, 3.63) is 90.5 Å². The lowest BCUT2D eigenvalue weighted by Gasteiger charge is -2.33. The summed E-state index contributed by atoms with van der Waals surface area (Å²) in [5.74, 6) is -0.242. The summed E-state index contributed by atoms with van der Waals surface area (Å²) >= 11 is 0. The highest BCUT2D eigenvalue weighted by atomic mass is 16.2. The van der Waals surface area contributed by atoms with E-state index >= 15 is 0 Å². The molecule has 3 rings (SSSR count). The molecule has 2 amide bonds. The van der Waals surface area contributed by atoms with Gasteiger partial charge >= 0.3 is 0 Å². The SMILES string of the molecule is CCC(=O)N(Cc1ccccc1)C(C(=O)Nc1ccccc1-c1ccccc1)C(C)C. The third kappa shape index (κ3) is 5.60. The third-order valence-corrected chi connectivity index (χ3v) is 5.32. The van der Waals surface area contributed by atoms with Gasteiger partial charge in [0.1, 0.15) is 6.04 Å². The van der Waals surface area contributed by atoms with Crippen LogP contribution in [0, 0.1) is 5.92 Å². The molecule has 3 aromatic carbocycles. The van der Waals surface area contributed by atoms with E-state index in [1.54, 1.807) is 4.90 Å². The second-order valence-electron chi connectivity index (χ2n) is 7.95. The molecule has 0 aliphatic heterocycles. The Morgan fingerprint density at radius 2 is 1.42 bits per heavy atom. The van der Waals surface area contributed by atoms with Gasteiger partial charge in [0, 0.05) is 24.2 Å². The minimum atomic E-state index is -0.573. The van der Waals surface area contributed by atoms with Gasteiger partial charge in [0.2, 0.25) is 11.8 Å². The molecule has 0 bridgehead atoms. The normalized spacial score (nSPS) is 11.7. The van der Waals surface area contributed by atoms with Crippen LogP contribution in [-0.2, 0) is 16.1 Å². The average molecular weight is 415 g/mol. The standard InChI is InChI=1S/C27H30N2O2/c1-4-25(30)29(19-21-13-7-5-8-14-21)26(20(2)3)27(31)28-24-18-12-11-17-23(24)22-15-9-6-10-16-22/h5-18,20,26H,4,19H2,1-3H3,(H,28,31). The van der Waals surface area contributed by atoms with Gasteiger partial charge in [-0.05, 0) is 23.1 Å². The van der Waals surface area contributed by atoms with E-state index in [2.05, 4.69) is 5.32 Å². The van der Waals surface area contributed by atoms with Crippen LogP contribution in [0.15, 0.2) is 84.9 Å². The molecule has 0 aromatic heterocycles. The first-order valence-electron chi connectivity index (χ1n) is 10.8. The molecule has 4 heteroatoms. The van der Waals surface area contributed by atoms with Crippen LogP contribution in [0.25, 0.3) is 11.1 Å². The highest BCUT2D eigenvalue weighted by Gasteiger charge is 2.32. The summed E-state index contributed by atoms with van der Waals surface area (Å²) in [6, 6.07) is 27.0. The van der Waals surface area contributed by atoms with E-state index in [-0.39, 0.29) is 17.7 Å². The molecule has 0 fully saturated rings. The molecule has 1 atom stereocenters. The van der Waals surface area contributed by atoms with E-state index < -0.39 is 6.04 Å². The summed E-state index contributed by atoms with van der Waals surface area (Å²) in [4.78, 5) is 28.0. The van der Waals surface area contributed by atoms with Crippen LogP contribution in [0.5, 0.6) is 0 Å². The van der Waals surface area contributed by atoms with Gasteiger partial charge in [-0.2, -0.15) is 0 Å². The number of hydrogen-bond acceptors (Lipinski definition) is 2. The Labute approximate surface area is 184 Å². The van der Waals surface area contributed by atoms with E-state index in [9.17, 15) is 9.59 Å². The van der Waals surface area contributed by atoms with Gasteiger partial charge in [-0.3, -0.25) is 9.59 Å². The van der Waals surface area contributed by atoms with Gasteiger partial charge in [0.15, 0.2) is 0 Å². The molecule has 0 heterocycles. The van der Waals surface area contributed by atoms with Crippen molar-refractivity contribution in [2.45, 2.75) is 39.8 Å². The molecule has 0 aliphatic carbocycles. The molecule has 31 heavy (non-hydrogen) atoms. The Balaban J connectivity index is 1.90. The Kier molecular flexibility index (Phi) is 7.60. The van der Waals surface area contributed by atoms with Gasteiger partial charge in [0.25, 0.3) is 0 Å². The summed E-state index contributed by atoms with van der Waals surface area (Å²) in [6.45, 7) is 6.20. The predicted octanol–water partition coefficient (Wildman–Crippen LogP) is 5.76. The molecule has 0 saturated carbocycles. The Hall–Kier alpha value is -3.40. The van der Waals surface area contributed by atoms with Crippen molar-refractivity contribution >= 4 is 17.5 Å². The van der Waals surface area contributed by atoms with E-state index in [0.717, 1.165) is 22.4 Å². The molecule has 4 nitrogen and oxygen atoms in total. The number of carbonyl (C=O) groups is 2. The molecule has 0 spiro atoms. The number of nitrogens with one attached hydrogen (secondary N) is 1. The van der Waals surface area contributed by atoms with Crippen molar-refractivity contribution in [2.24, 2.45) is 5.92 Å². The van der Waals surface area contributed by atoms with E-state index in [4.69, 9.17) is 0 Å². The smallest absolute Gasteiger partial charge is 0.247 e. The van der Waals surface area contributed by atoms with Gasteiger partial charge in [-0.15, -0.1) is 0 Å². The molecule has 0 radical (unpaired) electrons. The molecule has 0 saturated heterocycles. The van der Waals surface area contributed by atoms with Gasteiger partial charge in [-0.25, -0.2) is 0 Å². The maximum Gasteiger partial charge on any atom is 0.247 e. The summed E-state index contributed by atoms with van der Waals surface area (Å²) < 4.78 is 0. The van der Waals surface area contributed by atoms with E-state index in [1.165, 1.54) is 0 Å². The number of amides is 2. The van der Waals surface area contributed by atoms with Crippen LogP contribution in [-0.4, -0.2) is 22.8 Å². The lowest BCUT2D eigenvalue weighted by atomic mass is 9.98. The number of hydrogen-bond donors (Lipinski definition) is 1. The maximum absolute atomic E-state index is 13.5. The van der Waals surface area contributed by atoms with Crippen LogP contribution >= 0.6 is 0 Å². The van der Waals surface area contributed by atoms with Crippen molar-refractivity contribution < 1.29 is 9.59 Å². The van der Waals surface area contributed by atoms with Crippen LogP contribution in [0.1, 0.15) is 32.8 Å². The minimum Gasteiger partial charge on any atom is -0.326 e. The summed E-state index contributed by atoms with van der Waals surface area (Å²) in [5, 5.41) is 3.10. The first-order chi connectivity index (χ1) is 15.0. The molecule has 1 unspecified atom stereocenters. The van der Waals surface area contributed by atoms with Crippen LogP contribution in [0.4, 0.5) is 5.69 Å². The fourth-order valence-corrected chi connectivity index (χ4v) is 3.80. The zero-order valence-electron chi connectivity index (χ0n) is 18.4. The molecular weight excluding hydrogens is 384 g/mol. The van der Waals surface area contributed by atoms with E-state index in [0.29, 0.717) is 13.0 Å². The number of anilines is 1. The fourth-order valence-electron chi connectivity index (χ4n) is 3.80.